The Labute approximate surface area is 193 Å². The van der Waals surface area contributed by atoms with Gasteiger partial charge in [0.1, 0.15) is 17.2 Å². The van der Waals surface area contributed by atoms with Crippen LogP contribution in [0.4, 0.5) is 5.95 Å². The molecule has 4 atom stereocenters. The highest BCUT2D eigenvalue weighted by atomic mass is 16.5. The van der Waals surface area contributed by atoms with Crippen molar-refractivity contribution in [2.24, 2.45) is 5.92 Å². The van der Waals surface area contributed by atoms with Gasteiger partial charge < -0.3 is 25.6 Å². The lowest BCUT2D eigenvalue weighted by molar-refractivity contribution is -0.127. The third-order valence-corrected chi connectivity index (χ3v) is 7.15. The highest BCUT2D eigenvalue weighted by Gasteiger charge is 2.32. The number of hydrogen-bond acceptors (Lipinski definition) is 8. The molecule has 3 aliphatic rings. The van der Waals surface area contributed by atoms with Gasteiger partial charge in [0, 0.05) is 29.5 Å². The van der Waals surface area contributed by atoms with Gasteiger partial charge in [0.15, 0.2) is 0 Å². The zero-order valence-electron chi connectivity index (χ0n) is 18.9. The molecule has 1 amide bonds. The number of nitrogens with one attached hydrogen (secondary N) is 2. The lowest BCUT2D eigenvalue weighted by atomic mass is 9.85. The van der Waals surface area contributed by atoms with E-state index >= 15 is 0 Å². The number of aromatic hydroxyl groups is 1. The van der Waals surface area contributed by atoms with E-state index in [1.165, 1.54) is 0 Å². The fourth-order valence-corrected chi connectivity index (χ4v) is 5.31. The van der Waals surface area contributed by atoms with Crippen LogP contribution in [0.2, 0.25) is 0 Å². The van der Waals surface area contributed by atoms with Crippen LogP contribution in [0.15, 0.2) is 12.1 Å². The molecule has 0 spiro atoms. The Balaban J connectivity index is 1.24. The summed E-state index contributed by atoms with van der Waals surface area (Å²) in [6.07, 6.45) is 6.24. The quantitative estimate of drug-likeness (QED) is 0.543. The molecule has 5 rings (SSSR count). The number of carbonyl (C=O) groups is 1. The minimum Gasteiger partial charge on any atom is -0.507 e. The van der Waals surface area contributed by atoms with Crippen molar-refractivity contribution in [1.29, 1.82) is 0 Å². The molecule has 176 valence electrons. The molecule has 33 heavy (non-hydrogen) atoms. The van der Waals surface area contributed by atoms with Gasteiger partial charge in [-0.1, -0.05) is 6.42 Å². The number of aromatic nitrogens is 3. The number of phenols is 1. The second-order valence-electron chi connectivity index (χ2n) is 9.42. The number of hydrogen-bond donors (Lipinski definition) is 4. The fourth-order valence-electron chi connectivity index (χ4n) is 5.31. The summed E-state index contributed by atoms with van der Waals surface area (Å²) < 4.78 is 5.51. The lowest BCUT2D eigenvalue weighted by Crippen LogP contribution is -2.45. The molecule has 9 nitrogen and oxygen atoms in total. The maximum absolute atomic E-state index is 12.7. The maximum Gasteiger partial charge on any atom is 0.243 e. The van der Waals surface area contributed by atoms with Crippen LogP contribution in [-0.4, -0.2) is 56.1 Å². The van der Waals surface area contributed by atoms with Gasteiger partial charge in [-0.15, -0.1) is 10.2 Å². The molecule has 1 aromatic carbocycles. The van der Waals surface area contributed by atoms with Gasteiger partial charge >= 0.3 is 0 Å². The Bertz CT molecular complexity index is 1050. The molecule has 0 saturated heterocycles. The summed E-state index contributed by atoms with van der Waals surface area (Å²) in [7, 11) is 0. The summed E-state index contributed by atoms with van der Waals surface area (Å²) in [5.41, 5.74) is 2.62. The molecule has 2 heterocycles. The van der Waals surface area contributed by atoms with E-state index in [1.54, 1.807) is 6.07 Å². The summed E-state index contributed by atoms with van der Waals surface area (Å²) in [4.78, 5) is 17.3. The highest BCUT2D eigenvalue weighted by Crippen LogP contribution is 2.40. The molecular weight excluding hydrogens is 422 g/mol. The molecule has 2 fully saturated rings. The second-order valence-corrected chi connectivity index (χ2v) is 9.42. The first-order chi connectivity index (χ1) is 16.0. The summed E-state index contributed by atoms with van der Waals surface area (Å²) >= 11 is 0. The Hall–Kier alpha value is -2.94. The van der Waals surface area contributed by atoms with E-state index in [4.69, 9.17) is 4.74 Å². The third-order valence-electron chi connectivity index (χ3n) is 7.15. The van der Waals surface area contributed by atoms with Gasteiger partial charge in [-0.2, -0.15) is 0 Å². The Kier molecular flexibility index (Phi) is 6.05. The second kappa shape index (κ2) is 9.13. The van der Waals surface area contributed by atoms with Crippen molar-refractivity contribution in [3.8, 4) is 22.8 Å². The Morgan fingerprint density at radius 1 is 1.15 bits per heavy atom. The monoisotopic (exact) mass is 453 g/mol. The van der Waals surface area contributed by atoms with Crippen LogP contribution >= 0.6 is 0 Å². The number of aryl methyl sites for hydroxylation is 1. The van der Waals surface area contributed by atoms with Gasteiger partial charge in [-0.3, -0.25) is 4.79 Å². The summed E-state index contributed by atoms with van der Waals surface area (Å²) in [5, 5.41) is 35.7. The van der Waals surface area contributed by atoms with Crippen LogP contribution in [0.3, 0.4) is 0 Å². The smallest absolute Gasteiger partial charge is 0.243 e. The third kappa shape index (κ3) is 4.46. The van der Waals surface area contributed by atoms with E-state index in [0.717, 1.165) is 44.1 Å². The van der Waals surface area contributed by atoms with E-state index in [2.05, 4.69) is 25.8 Å². The number of phenolic OH excluding ortho intramolecular Hbond substituents is 1. The molecule has 4 N–H and O–H groups in total. The molecule has 1 aromatic heterocycles. The predicted molar refractivity (Wildman–Crippen MR) is 122 cm³/mol. The topological polar surface area (TPSA) is 129 Å². The first-order valence-corrected chi connectivity index (χ1v) is 11.9. The molecule has 2 aliphatic carbocycles. The number of aliphatic hydroxyl groups is 1. The first kappa shape index (κ1) is 21.9. The summed E-state index contributed by atoms with van der Waals surface area (Å²) in [5.74, 6) is 1.28. The zero-order chi connectivity index (χ0) is 22.9. The SMILES string of the molecule is Cc1nc(N[C@@H]2CCC[C@H](C(=O)N[C@H]3CCC[C@H]3O)C2)nnc1-c1ccc2c(c1O)CCO2. The van der Waals surface area contributed by atoms with Crippen LogP contribution < -0.4 is 15.4 Å². The molecule has 0 radical (unpaired) electrons. The number of rotatable bonds is 5. The standard InChI is InChI=1S/C24H31N5O4/c1-13-21(17-8-9-20-16(22(17)31)10-11-33-20)28-29-24(25-13)26-15-5-2-4-14(12-15)23(32)27-18-6-3-7-19(18)30/h8-9,14-15,18-19,30-31H,2-7,10-12H2,1H3,(H,27,32)(H,25,26,29)/t14-,15+,18-,19+/m0/s1. The highest BCUT2D eigenvalue weighted by molar-refractivity contribution is 5.79. The number of anilines is 1. The number of amides is 1. The first-order valence-electron chi connectivity index (χ1n) is 11.9. The maximum atomic E-state index is 12.7. The van der Waals surface area contributed by atoms with Crippen molar-refractivity contribution in [2.45, 2.75) is 76.5 Å². The number of nitrogens with zero attached hydrogens (tertiary/aromatic N) is 3. The van der Waals surface area contributed by atoms with Gasteiger partial charge in [0.25, 0.3) is 0 Å². The summed E-state index contributed by atoms with van der Waals surface area (Å²) in [6, 6.07) is 3.61. The lowest BCUT2D eigenvalue weighted by Gasteiger charge is -2.30. The number of ether oxygens (including phenoxy) is 1. The van der Waals surface area contributed by atoms with Gasteiger partial charge in [-0.05, 0) is 57.6 Å². The van der Waals surface area contributed by atoms with Crippen LogP contribution in [-0.2, 0) is 11.2 Å². The number of carbonyl (C=O) groups excluding carboxylic acids is 1. The van der Waals surface area contributed by atoms with Crippen LogP contribution in [0.1, 0.15) is 56.2 Å². The van der Waals surface area contributed by atoms with Crippen molar-refractivity contribution >= 4 is 11.9 Å². The van der Waals surface area contributed by atoms with E-state index in [-0.39, 0.29) is 29.7 Å². The minimum absolute atomic E-state index is 0.0362. The molecular formula is C24H31N5O4. The molecule has 2 aromatic rings. The van der Waals surface area contributed by atoms with E-state index in [1.807, 2.05) is 13.0 Å². The Morgan fingerprint density at radius 3 is 2.79 bits per heavy atom. The van der Waals surface area contributed by atoms with Gasteiger partial charge in [0.05, 0.1) is 24.4 Å². The van der Waals surface area contributed by atoms with E-state index in [9.17, 15) is 15.0 Å². The van der Waals surface area contributed by atoms with Gasteiger partial charge in [0.2, 0.25) is 11.9 Å². The minimum atomic E-state index is -0.426. The fraction of sp³-hybridized carbons (Fsp3) is 0.583. The number of benzene rings is 1. The number of fused-ring (bicyclic) bond motifs is 1. The van der Waals surface area contributed by atoms with Crippen LogP contribution in [0.25, 0.3) is 11.3 Å². The Morgan fingerprint density at radius 2 is 2.00 bits per heavy atom. The molecule has 1 aliphatic heterocycles. The average molecular weight is 454 g/mol. The van der Waals surface area contributed by atoms with E-state index in [0.29, 0.717) is 48.1 Å². The van der Waals surface area contributed by atoms with Crippen molar-refractivity contribution in [3.63, 3.8) is 0 Å². The van der Waals surface area contributed by atoms with E-state index < -0.39 is 6.10 Å². The number of aliphatic hydroxyl groups excluding tert-OH is 1. The predicted octanol–water partition coefficient (Wildman–Crippen LogP) is 2.49. The average Bonchev–Trinajstić information content (AvgIpc) is 3.44. The zero-order valence-corrected chi connectivity index (χ0v) is 18.9. The summed E-state index contributed by atoms with van der Waals surface area (Å²) in [6.45, 7) is 2.42. The van der Waals surface area contributed by atoms with Crippen molar-refractivity contribution in [1.82, 2.24) is 20.5 Å². The molecule has 0 bridgehead atoms. The molecule has 9 heteroatoms. The molecule has 2 saturated carbocycles. The normalized spacial score (nSPS) is 26.5. The van der Waals surface area contributed by atoms with Gasteiger partial charge in [-0.25, -0.2) is 4.98 Å². The molecule has 0 unspecified atom stereocenters. The van der Waals surface area contributed by atoms with Crippen LogP contribution in [0, 0.1) is 12.8 Å². The van der Waals surface area contributed by atoms with Crippen molar-refractivity contribution < 1.29 is 19.7 Å². The van der Waals surface area contributed by atoms with Crippen molar-refractivity contribution in [2.75, 3.05) is 11.9 Å². The van der Waals surface area contributed by atoms with Crippen LogP contribution in [0.5, 0.6) is 11.5 Å². The van der Waals surface area contributed by atoms with Crippen molar-refractivity contribution in [3.05, 3.63) is 23.4 Å². The largest absolute Gasteiger partial charge is 0.507 e.